The molecule has 2 aromatic rings. The molecule has 0 bridgehead atoms. The van der Waals surface area contributed by atoms with Gasteiger partial charge in [0.15, 0.2) is 15.0 Å². The van der Waals surface area contributed by atoms with Gasteiger partial charge in [-0.1, -0.05) is 19.1 Å². The summed E-state index contributed by atoms with van der Waals surface area (Å²) in [5.74, 6) is -0.958. The summed E-state index contributed by atoms with van der Waals surface area (Å²) in [4.78, 5) is 29.6. The molecule has 1 amide bonds. The molecular weight excluding hydrogens is 376 g/mol. The van der Waals surface area contributed by atoms with Gasteiger partial charge < -0.3 is 4.74 Å². The van der Waals surface area contributed by atoms with E-state index in [2.05, 4.69) is 4.98 Å². The van der Waals surface area contributed by atoms with Crippen LogP contribution in [0.3, 0.4) is 0 Å². The third kappa shape index (κ3) is 4.47. The Morgan fingerprint density at radius 1 is 1.23 bits per heavy atom. The molecule has 0 aliphatic heterocycles. The zero-order chi connectivity index (χ0) is 19.3. The highest BCUT2D eigenvalue weighted by molar-refractivity contribution is 7.91. The van der Waals surface area contributed by atoms with Crippen LogP contribution in [0, 0.1) is 0 Å². The number of carbonyl (C=O) groups excluding carboxylic acids is 2. The van der Waals surface area contributed by atoms with E-state index in [9.17, 15) is 18.0 Å². The van der Waals surface area contributed by atoms with Gasteiger partial charge in [0, 0.05) is 18.8 Å². The molecule has 1 heterocycles. The lowest BCUT2D eigenvalue weighted by Gasteiger charge is -2.14. The van der Waals surface area contributed by atoms with E-state index in [1.54, 1.807) is 17.5 Å². The van der Waals surface area contributed by atoms with Gasteiger partial charge in [-0.2, -0.15) is 0 Å². The molecule has 0 unspecified atom stereocenters. The number of benzene rings is 1. The number of hydrogen-bond donors (Lipinski definition) is 0. The van der Waals surface area contributed by atoms with E-state index in [1.807, 2.05) is 6.92 Å². The summed E-state index contributed by atoms with van der Waals surface area (Å²) in [5.41, 5.74) is 0.498. The highest BCUT2D eigenvalue weighted by atomic mass is 32.2. The molecule has 9 heteroatoms. The molecule has 1 aromatic carbocycles. The van der Waals surface area contributed by atoms with Crippen LogP contribution < -0.4 is 4.90 Å². The number of anilines is 1. The van der Waals surface area contributed by atoms with Crippen molar-refractivity contribution in [3.05, 3.63) is 40.9 Å². The van der Waals surface area contributed by atoms with E-state index >= 15 is 0 Å². The fourth-order valence-electron chi connectivity index (χ4n) is 2.26. The molecule has 140 valence electrons. The summed E-state index contributed by atoms with van der Waals surface area (Å²) in [5, 5.41) is 2.23. The predicted octanol–water partition coefficient (Wildman–Crippen LogP) is 2.67. The normalized spacial score (nSPS) is 11.2. The Kier molecular flexibility index (Phi) is 6.49. The van der Waals surface area contributed by atoms with E-state index < -0.39 is 15.8 Å². The van der Waals surface area contributed by atoms with Gasteiger partial charge in [0.25, 0.3) is 0 Å². The standard InChI is InChI=1S/C17H20N2O5S2/c1-4-19(12(3)20)17-18-13(11-25-17)10-24-16(21)14-8-6-7-9-15(14)26(22,23)5-2/h6-9,11H,4-5,10H2,1-3H3. The highest BCUT2D eigenvalue weighted by Gasteiger charge is 2.22. The number of ether oxygens (including phenoxy) is 1. The molecule has 1 aromatic heterocycles. The van der Waals surface area contributed by atoms with Gasteiger partial charge in [-0.15, -0.1) is 11.3 Å². The molecule has 0 aliphatic carbocycles. The number of esters is 1. The van der Waals surface area contributed by atoms with Crippen molar-refractivity contribution < 1.29 is 22.7 Å². The number of amides is 1. The maximum Gasteiger partial charge on any atom is 0.339 e. The molecule has 2 rings (SSSR count). The molecule has 0 N–H and O–H groups in total. The lowest BCUT2D eigenvalue weighted by molar-refractivity contribution is -0.116. The van der Waals surface area contributed by atoms with Gasteiger partial charge in [0.2, 0.25) is 5.91 Å². The van der Waals surface area contributed by atoms with Gasteiger partial charge in [0.05, 0.1) is 21.9 Å². The molecule has 0 fully saturated rings. The quantitative estimate of drug-likeness (QED) is 0.668. The van der Waals surface area contributed by atoms with Crippen LogP contribution >= 0.6 is 11.3 Å². The topological polar surface area (TPSA) is 93.6 Å². The van der Waals surface area contributed by atoms with Crippen molar-refractivity contribution in [2.24, 2.45) is 0 Å². The molecule has 0 atom stereocenters. The van der Waals surface area contributed by atoms with Gasteiger partial charge in [-0.3, -0.25) is 9.69 Å². The van der Waals surface area contributed by atoms with E-state index in [0.29, 0.717) is 17.4 Å². The molecular formula is C17H20N2O5S2. The summed E-state index contributed by atoms with van der Waals surface area (Å²) in [6.45, 7) is 5.20. The number of sulfone groups is 1. The van der Waals surface area contributed by atoms with Crippen LogP contribution in [0.5, 0.6) is 0 Å². The maximum atomic E-state index is 12.3. The first kappa shape index (κ1) is 20.1. The first-order chi connectivity index (χ1) is 12.3. The van der Waals surface area contributed by atoms with E-state index in [0.717, 1.165) is 0 Å². The molecule has 0 saturated carbocycles. The second-order valence-corrected chi connectivity index (χ2v) is 8.44. The van der Waals surface area contributed by atoms with Crippen molar-refractivity contribution >= 4 is 38.2 Å². The van der Waals surface area contributed by atoms with Crippen LogP contribution in [-0.2, 0) is 26.0 Å². The highest BCUT2D eigenvalue weighted by Crippen LogP contribution is 2.22. The molecule has 7 nitrogen and oxygen atoms in total. The van der Waals surface area contributed by atoms with Gasteiger partial charge in [-0.05, 0) is 19.1 Å². The second kappa shape index (κ2) is 8.41. The Hall–Kier alpha value is -2.26. The fourth-order valence-corrected chi connectivity index (χ4v) is 4.26. The van der Waals surface area contributed by atoms with E-state index in [-0.39, 0.29) is 28.7 Å². The van der Waals surface area contributed by atoms with Crippen molar-refractivity contribution in [2.75, 3.05) is 17.2 Å². The number of rotatable bonds is 7. The largest absolute Gasteiger partial charge is 0.456 e. The summed E-state index contributed by atoms with van der Waals surface area (Å²) in [7, 11) is -3.54. The summed E-state index contributed by atoms with van der Waals surface area (Å²) in [6.07, 6.45) is 0. The lowest BCUT2D eigenvalue weighted by atomic mass is 10.2. The SMILES string of the molecule is CCN(C(C)=O)c1nc(COC(=O)c2ccccc2S(=O)(=O)CC)cs1. The molecule has 0 aliphatic rings. The molecule has 0 saturated heterocycles. The third-order valence-corrected chi connectivity index (χ3v) is 6.34. The van der Waals surface area contributed by atoms with Crippen molar-refractivity contribution in [1.29, 1.82) is 0 Å². The van der Waals surface area contributed by atoms with E-state index in [1.165, 1.54) is 42.2 Å². The Balaban J connectivity index is 2.14. The third-order valence-electron chi connectivity index (χ3n) is 3.64. The Morgan fingerprint density at radius 2 is 1.92 bits per heavy atom. The van der Waals surface area contributed by atoms with Crippen molar-refractivity contribution in [3.63, 3.8) is 0 Å². The lowest BCUT2D eigenvalue weighted by Crippen LogP contribution is -2.27. The van der Waals surface area contributed by atoms with Crippen LogP contribution in [0.1, 0.15) is 36.8 Å². The van der Waals surface area contributed by atoms with Gasteiger partial charge >= 0.3 is 5.97 Å². The van der Waals surface area contributed by atoms with Crippen molar-refractivity contribution in [2.45, 2.75) is 32.3 Å². The van der Waals surface area contributed by atoms with Gasteiger partial charge in [-0.25, -0.2) is 18.2 Å². The number of carbonyl (C=O) groups is 2. The average Bonchev–Trinajstić information content (AvgIpc) is 3.08. The Morgan fingerprint density at radius 3 is 2.54 bits per heavy atom. The monoisotopic (exact) mass is 396 g/mol. The Labute approximate surface area is 156 Å². The summed E-state index contributed by atoms with van der Waals surface area (Å²) in [6, 6.07) is 5.96. The zero-order valence-corrected chi connectivity index (χ0v) is 16.4. The second-order valence-electron chi connectivity index (χ2n) is 5.36. The molecule has 26 heavy (non-hydrogen) atoms. The zero-order valence-electron chi connectivity index (χ0n) is 14.8. The van der Waals surface area contributed by atoms with Crippen LogP contribution in [0.15, 0.2) is 34.5 Å². The molecule has 0 radical (unpaired) electrons. The van der Waals surface area contributed by atoms with Crippen molar-refractivity contribution in [3.8, 4) is 0 Å². The first-order valence-electron chi connectivity index (χ1n) is 8.01. The van der Waals surface area contributed by atoms with Gasteiger partial charge in [0.1, 0.15) is 6.61 Å². The maximum absolute atomic E-state index is 12.3. The minimum atomic E-state index is -3.54. The predicted molar refractivity (Wildman–Crippen MR) is 99.1 cm³/mol. The molecule has 0 spiro atoms. The number of thiazole rings is 1. The summed E-state index contributed by atoms with van der Waals surface area (Å²) < 4.78 is 29.5. The minimum absolute atomic E-state index is 0.00345. The van der Waals surface area contributed by atoms with E-state index in [4.69, 9.17) is 4.74 Å². The smallest absolute Gasteiger partial charge is 0.339 e. The number of nitrogens with zero attached hydrogens (tertiary/aromatic N) is 2. The van der Waals surface area contributed by atoms with Crippen LogP contribution in [0.4, 0.5) is 5.13 Å². The minimum Gasteiger partial charge on any atom is -0.456 e. The van der Waals surface area contributed by atoms with Crippen molar-refractivity contribution in [1.82, 2.24) is 4.98 Å². The number of hydrogen-bond acceptors (Lipinski definition) is 7. The number of aromatic nitrogens is 1. The van der Waals surface area contributed by atoms with Crippen LogP contribution in [0.2, 0.25) is 0 Å². The average molecular weight is 396 g/mol. The summed E-state index contributed by atoms with van der Waals surface area (Å²) >= 11 is 1.28. The van der Waals surface area contributed by atoms with Crippen LogP contribution in [-0.4, -0.2) is 37.6 Å². The first-order valence-corrected chi connectivity index (χ1v) is 10.5. The Bertz CT molecular complexity index is 905. The fraction of sp³-hybridized carbons (Fsp3) is 0.353. The van der Waals surface area contributed by atoms with Crippen LogP contribution in [0.25, 0.3) is 0 Å².